The van der Waals surface area contributed by atoms with Gasteiger partial charge in [0.25, 0.3) is 0 Å². The molecule has 1 aromatic rings. The number of aliphatic hydroxyl groups excluding tert-OH is 1. The highest BCUT2D eigenvalue weighted by Crippen LogP contribution is 2.26. The van der Waals surface area contributed by atoms with E-state index < -0.39 is 34.7 Å². The molecule has 3 rings (SSSR count). The van der Waals surface area contributed by atoms with Gasteiger partial charge in [0.1, 0.15) is 34.1 Å². The number of likely N-dealkylation sites (N-methyl/N-ethyl adjacent to an activating group) is 2. The molecule has 0 spiro atoms. The van der Waals surface area contributed by atoms with Crippen LogP contribution >= 0.6 is 11.8 Å². The molecule has 194 valence electrons. The maximum atomic E-state index is 13.9. The van der Waals surface area contributed by atoms with Crippen LogP contribution in [0.15, 0.2) is 41.4 Å². The largest absolute Gasteiger partial charge is 0.500 e. The van der Waals surface area contributed by atoms with E-state index in [0.717, 1.165) is 12.5 Å². The Kier molecular flexibility index (Phi) is 9.12. The number of nitrogens with two attached hydrogens (primary N) is 1. The van der Waals surface area contributed by atoms with Crippen molar-refractivity contribution in [2.75, 3.05) is 26.3 Å². The highest BCUT2D eigenvalue weighted by atomic mass is 32.2. The van der Waals surface area contributed by atoms with Gasteiger partial charge < -0.3 is 14.7 Å². The molecule has 1 fully saturated rings. The van der Waals surface area contributed by atoms with Crippen molar-refractivity contribution in [2.24, 2.45) is 0 Å². The van der Waals surface area contributed by atoms with Crippen LogP contribution in [0.2, 0.25) is 0 Å². The number of amides is 1. The predicted octanol–water partition coefficient (Wildman–Crippen LogP) is 1.96. The Labute approximate surface area is 212 Å². The fourth-order valence-corrected chi connectivity index (χ4v) is 5.06. The third-order valence-electron chi connectivity index (χ3n) is 6.00. The zero-order valence-corrected chi connectivity index (χ0v) is 20.9. The van der Waals surface area contributed by atoms with Crippen molar-refractivity contribution >= 4 is 33.5 Å². The molecular formula is C24H30F2N5O4S+. The van der Waals surface area contributed by atoms with Gasteiger partial charge in [-0.25, -0.2) is 8.78 Å². The summed E-state index contributed by atoms with van der Waals surface area (Å²) in [6.45, 7) is 5.49. The maximum absolute atomic E-state index is 13.9. The van der Waals surface area contributed by atoms with Gasteiger partial charge in [0.15, 0.2) is 0 Å². The van der Waals surface area contributed by atoms with Crippen molar-refractivity contribution in [3.05, 3.63) is 58.6 Å². The van der Waals surface area contributed by atoms with Crippen LogP contribution in [-0.4, -0.2) is 63.8 Å². The van der Waals surface area contributed by atoms with Crippen LogP contribution in [0, 0.1) is 22.5 Å². The third-order valence-corrected chi connectivity index (χ3v) is 6.82. The van der Waals surface area contributed by atoms with Crippen molar-refractivity contribution in [3.63, 3.8) is 0 Å². The Balaban J connectivity index is 1.72. The van der Waals surface area contributed by atoms with Crippen LogP contribution in [0.25, 0.3) is 0 Å². The Bertz CT molecular complexity index is 1130. The lowest BCUT2D eigenvalue weighted by atomic mass is 9.98. The number of rotatable bonds is 8. The highest BCUT2D eigenvalue weighted by molar-refractivity contribution is 8.26. The smallest absolute Gasteiger partial charge is 0.313 e. The van der Waals surface area contributed by atoms with E-state index in [1.165, 1.54) is 17.6 Å². The van der Waals surface area contributed by atoms with Gasteiger partial charge in [-0.2, -0.15) is 0 Å². The summed E-state index contributed by atoms with van der Waals surface area (Å²) in [7, 11) is 0. The molecule has 9 nitrogen and oxygen atoms in total. The predicted molar refractivity (Wildman–Crippen MR) is 132 cm³/mol. The molecule has 0 radical (unpaired) electrons. The highest BCUT2D eigenvalue weighted by Gasteiger charge is 2.44. The second-order valence-electron chi connectivity index (χ2n) is 8.37. The van der Waals surface area contributed by atoms with Crippen molar-refractivity contribution < 1.29 is 33.5 Å². The molecule has 1 aromatic carbocycles. The van der Waals surface area contributed by atoms with Crippen LogP contribution in [0.4, 0.5) is 8.78 Å². The number of quaternary nitrogens is 1. The minimum Gasteiger partial charge on any atom is -0.500 e. The fourth-order valence-electron chi connectivity index (χ4n) is 4.32. The lowest BCUT2D eigenvalue weighted by molar-refractivity contribution is -0.533. The molecule has 36 heavy (non-hydrogen) atoms. The normalized spacial score (nSPS) is 20.2. The van der Waals surface area contributed by atoms with Gasteiger partial charge >= 0.3 is 5.91 Å². The fraction of sp³-hybridized carbons (Fsp3) is 0.417. The molecule has 1 amide bonds. The summed E-state index contributed by atoms with van der Waals surface area (Å²) < 4.78 is 32.6. The standard InChI is InChI=1S/C24H29F2N5O4S/c1-3-30-24(8-5-9-35-13-24)31(4-2)23(34)19-21(33)20(32)16(12-29-19)22(28)36-18(27)10-14-6-7-15(25)11-17(14)26/h6-7,11-12,27-28,30,33H,3-5,8-10,13H2,1-2H3,(H,29,32)/p+1. The second kappa shape index (κ2) is 11.9. The molecular weight excluding hydrogens is 492 g/mol. The number of allylic oxidation sites excluding steroid dienone is 1. The number of carbonyl (C=O) groups is 2. The third kappa shape index (κ3) is 5.89. The van der Waals surface area contributed by atoms with Gasteiger partial charge in [0, 0.05) is 25.6 Å². The van der Waals surface area contributed by atoms with Crippen molar-refractivity contribution in [1.82, 2.24) is 10.2 Å². The number of Topliss-reactive ketones (excluding diaryl/α,β-unsaturated/α-hetero) is 1. The number of ketones is 1. The average molecular weight is 523 g/mol. The molecule has 0 aliphatic carbocycles. The first-order valence-electron chi connectivity index (χ1n) is 11.6. The van der Waals surface area contributed by atoms with E-state index in [0.29, 0.717) is 43.9 Å². The van der Waals surface area contributed by atoms with Crippen LogP contribution in [-0.2, 0) is 20.7 Å². The lowest BCUT2D eigenvalue weighted by Crippen LogP contribution is -2.82. The zero-order valence-electron chi connectivity index (χ0n) is 20.1. The number of carbonyl (C=O) groups excluding carboxylic acids is 2. The van der Waals surface area contributed by atoms with Crippen molar-refractivity contribution in [2.45, 2.75) is 38.8 Å². The van der Waals surface area contributed by atoms with Gasteiger partial charge in [-0.1, -0.05) is 24.8 Å². The summed E-state index contributed by atoms with van der Waals surface area (Å²) in [4.78, 5) is 27.8. The first-order valence-corrected chi connectivity index (χ1v) is 12.4. The van der Waals surface area contributed by atoms with E-state index in [1.807, 2.05) is 6.92 Å². The Morgan fingerprint density at radius 2 is 2.08 bits per heavy atom. The van der Waals surface area contributed by atoms with Gasteiger partial charge in [0.05, 0.1) is 11.7 Å². The molecule has 2 aliphatic heterocycles. The first kappa shape index (κ1) is 27.7. The molecule has 2 aliphatic rings. The van der Waals surface area contributed by atoms with E-state index in [-0.39, 0.29) is 39.9 Å². The van der Waals surface area contributed by atoms with Crippen LogP contribution in [0.1, 0.15) is 32.3 Å². The topological polar surface area (TPSA) is 143 Å². The zero-order chi connectivity index (χ0) is 26.5. The minimum atomic E-state index is -0.910. The van der Waals surface area contributed by atoms with E-state index in [9.17, 15) is 23.5 Å². The molecule has 1 atom stereocenters. The lowest BCUT2D eigenvalue weighted by Gasteiger charge is -2.46. The summed E-state index contributed by atoms with van der Waals surface area (Å²) in [6, 6.07) is 3.00. The summed E-state index contributed by atoms with van der Waals surface area (Å²) in [5.41, 5.74) is -1.06. The summed E-state index contributed by atoms with van der Waals surface area (Å²) in [5.74, 6) is -3.77. The van der Waals surface area contributed by atoms with Crippen LogP contribution < -0.4 is 10.6 Å². The van der Waals surface area contributed by atoms with E-state index in [2.05, 4.69) is 5.32 Å². The Hall–Kier alpha value is -2.93. The molecule has 6 N–H and O–H groups in total. The average Bonchev–Trinajstić information content (AvgIpc) is 2.83. The maximum Gasteiger partial charge on any atom is 0.313 e. The van der Waals surface area contributed by atoms with Crippen molar-refractivity contribution in [3.8, 4) is 0 Å². The number of ether oxygens (including phenoxy) is 1. The quantitative estimate of drug-likeness (QED) is 0.201. The monoisotopic (exact) mass is 522 g/mol. The van der Waals surface area contributed by atoms with Crippen molar-refractivity contribution in [1.29, 1.82) is 10.8 Å². The SMILES string of the molecule is CCNC1(N(CC)C(=O)C2=C(O)C(=O)C(C(=N)SC(=N)Cc3ccc(F)cc3F)=C[NH2+]2)CCCOC1. The van der Waals surface area contributed by atoms with Crippen LogP contribution in [0.5, 0.6) is 0 Å². The number of hydrogen-bond donors (Lipinski definition) is 5. The molecule has 0 aromatic heterocycles. The molecule has 12 heteroatoms. The van der Waals surface area contributed by atoms with E-state index in [1.54, 1.807) is 11.8 Å². The summed E-state index contributed by atoms with van der Waals surface area (Å²) in [5, 5.41) is 31.1. The van der Waals surface area contributed by atoms with E-state index in [4.69, 9.17) is 15.6 Å². The summed E-state index contributed by atoms with van der Waals surface area (Å²) in [6.07, 6.45) is 2.47. The number of hydrogen-bond acceptors (Lipinski definition) is 8. The number of halogens is 2. The Morgan fingerprint density at radius 1 is 1.33 bits per heavy atom. The molecule has 0 saturated carbocycles. The number of thioether (sulfide) groups is 1. The number of aliphatic hydroxyl groups is 1. The molecule has 1 unspecified atom stereocenters. The van der Waals surface area contributed by atoms with Gasteiger partial charge in [-0.15, -0.1) is 0 Å². The van der Waals surface area contributed by atoms with Crippen LogP contribution in [0.3, 0.4) is 0 Å². The molecule has 0 bridgehead atoms. The van der Waals surface area contributed by atoms with Gasteiger partial charge in [0.2, 0.25) is 17.2 Å². The Morgan fingerprint density at radius 3 is 2.69 bits per heavy atom. The van der Waals surface area contributed by atoms with Gasteiger partial charge in [-0.05, 0) is 37.9 Å². The summed E-state index contributed by atoms with van der Waals surface area (Å²) >= 11 is 0.610. The first-order chi connectivity index (χ1) is 17.1. The minimum absolute atomic E-state index is 0.0776. The second-order valence-corrected chi connectivity index (χ2v) is 9.48. The number of benzene rings is 1. The number of nitrogens with zero attached hydrogens (tertiary/aromatic N) is 1. The van der Waals surface area contributed by atoms with Gasteiger partial charge in [-0.3, -0.25) is 31.0 Å². The van der Waals surface area contributed by atoms with E-state index >= 15 is 0 Å². The molecule has 1 saturated heterocycles. The number of nitrogens with one attached hydrogen (secondary N) is 3. The molecule has 2 heterocycles.